The Morgan fingerprint density at radius 3 is 1.86 bits per heavy atom. The van der Waals surface area contributed by atoms with E-state index in [2.05, 4.69) is 4.99 Å². The predicted molar refractivity (Wildman–Crippen MR) is 67.0 cm³/mol. The molecule has 0 amide bonds. The number of hydrogen-bond acceptors (Lipinski definition) is 2. The van der Waals surface area contributed by atoms with Gasteiger partial charge >= 0.3 is 12.4 Å². The number of morpholine rings is 1. The first-order chi connectivity index (χ1) is 10.2. The number of alkyl halides is 6. The molecule has 0 unspecified atom stereocenters. The summed E-state index contributed by atoms with van der Waals surface area (Å²) < 4.78 is 81.2. The molecule has 3 nitrogen and oxygen atoms in total. The lowest BCUT2D eigenvalue weighted by Crippen LogP contribution is -2.35. The molecule has 1 aromatic carbocycles. The maximum atomic E-state index is 12.7. The van der Waals surface area contributed by atoms with Crippen LogP contribution in [0.3, 0.4) is 0 Å². The average Bonchev–Trinajstić information content (AvgIpc) is 2.44. The summed E-state index contributed by atoms with van der Waals surface area (Å²) in [5, 5.41) is 0. The van der Waals surface area contributed by atoms with Gasteiger partial charge in [0.2, 0.25) is 0 Å². The summed E-state index contributed by atoms with van der Waals surface area (Å²) in [6, 6.07) is 1.26. The predicted octanol–water partition coefficient (Wildman–Crippen LogP) is 3.72. The van der Waals surface area contributed by atoms with Gasteiger partial charge in [-0.15, -0.1) is 0 Å². The summed E-state index contributed by atoms with van der Waals surface area (Å²) in [6.07, 6.45) is -8.51. The number of hydrogen-bond donors (Lipinski definition) is 0. The van der Waals surface area contributed by atoms with Crippen molar-refractivity contribution >= 4 is 12.0 Å². The molecule has 1 fully saturated rings. The zero-order chi connectivity index (χ0) is 16.4. The van der Waals surface area contributed by atoms with E-state index in [9.17, 15) is 26.3 Å². The molecule has 1 aromatic rings. The third kappa shape index (κ3) is 4.36. The number of ether oxygens (including phenoxy) is 1. The average molecular weight is 326 g/mol. The first kappa shape index (κ1) is 16.6. The molecule has 0 bridgehead atoms. The molecule has 0 spiro atoms. The van der Waals surface area contributed by atoms with E-state index >= 15 is 0 Å². The summed E-state index contributed by atoms with van der Waals surface area (Å²) in [4.78, 5) is 5.39. The minimum Gasteiger partial charge on any atom is -0.378 e. The Kier molecular flexibility index (Phi) is 4.64. The third-order valence-corrected chi connectivity index (χ3v) is 2.99. The first-order valence-electron chi connectivity index (χ1n) is 6.32. The second-order valence-electron chi connectivity index (χ2n) is 4.66. The highest BCUT2D eigenvalue weighted by atomic mass is 19.4. The van der Waals surface area contributed by atoms with Crippen LogP contribution < -0.4 is 0 Å². The van der Waals surface area contributed by atoms with Crippen molar-refractivity contribution in [3.05, 3.63) is 29.3 Å². The van der Waals surface area contributed by atoms with Crippen molar-refractivity contribution in [3.8, 4) is 0 Å². The number of rotatable bonds is 2. The lowest BCUT2D eigenvalue weighted by Gasteiger charge is -2.24. The topological polar surface area (TPSA) is 24.8 Å². The largest absolute Gasteiger partial charge is 0.416 e. The van der Waals surface area contributed by atoms with Gasteiger partial charge in [-0.25, -0.2) is 4.99 Å². The van der Waals surface area contributed by atoms with Gasteiger partial charge < -0.3 is 9.64 Å². The van der Waals surface area contributed by atoms with E-state index in [4.69, 9.17) is 4.74 Å². The molecule has 2 rings (SSSR count). The molecule has 0 aromatic heterocycles. The van der Waals surface area contributed by atoms with Crippen LogP contribution in [0.4, 0.5) is 32.0 Å². The Morgan fingerprint density at radius 1 is 0.909 bits per heavy atom. The third-order valence-electron chi connectivity index (χ3n) is 2.99. The van der Waals surface area contributed by atoms with E-state index in [0.29, 0.717) is 38.4 Å². The fraction of sp³-hybridized carbons (Fsp3) is 0.462. The van der Waals surface area contributed by atoms with Gasteiger partial charge in [0.05, 0.1) is 36.4 Å². The maximum absolute atomic E-state index is 12.7. The zero-order valence-corrected chi connectivity index (χ0v) is 11.2. The van der Waals surface area contributed by atoms with Crippen molar-refractivity contribution in [3.63, 3.8) is 0 Å². The van der Waals surface area contributed by atoms with E-state index in [0.717, 1.165) is 0 Å². The van der Waals surface area contributed by atoms with Crippen molar-refractivity contribution in [1.82, 2.24) is 4.90 Å². The Bertz CT molecular complexity index is 514. The quantitative estimate of drug-likeness (QED) is 0.470. The van der Waals surface area contributed by atoms with Crippen molar-refractivity contribution in [2.75, 3.05) is 26.3 Å². The molecule has 1 aliphatic heterocycles. The van der Waals surface area contributed by atoms with Gasteiger partial charge in [-0.3, -0.25) is 0 Å². The molecule has 0 saturated carbocycles. The van der Waals surface area contributed by atoms with Crippen molar-refractivity contribution in [2.24, 2.45) is 4.99 Å². The molecule has 22 heavy (non-hydrogen) atoms. The maximum Gasteiger partial charge on any atom is 0.416 e. The molecule has 9 heteroatoms. The normalized spacial score (nSPS) is 17.3. The van der Waals surface area contributed by atoms with E-state index in [1.807, 2.05) is 0 Å². The van der Waals surface area contributed by atoms with Gasteiger partial charge in [-0.1, -0.05) is 0 Å². The highest BCUT2D eigenvalue weighted by Crippen LogP contribution is 2.38. The van der Waals surface area contributed by atoms with Crippen LogP contribution in [0.1, 0.15) is 11.1 Å². The fourth-order valence-electron chi connectivity index (χ4n) is 1.85. The summed E-state index contributed by atoms with van der Waals surface area (Å²) >= 11 is 0. The molecular formula is C13H12F6N2O. The first-order valence-corrected chi connectivity index (χ1v) is 6.32. The molecule has 0 N–H and O–H groups in total. The summed E-state index contributed by atoms with van der Waals surface area (Å²) in [5.41, 5.74) is -3.15. The fourth-order valence-corrected chi connectivity index (χ4v) is 1.85. The summed E-state index contributed by atoms with van der Waals surface area (Å²) in [6.45, 7) is 1.83. The van der Waals surface area contributed by atoms with Crippen LogP contribution in [0.5, 0.6) is 0 Å². The highest BCUT2D eigenvalue weighted by molar-refractivity contribution is 5.62. The van der Waals surface area contributed by atoms with E-state index in [1.54, 1.807) is 4.90 Å². The minimum atomic E-state index is -4.87. The molecule has 1 aliphatic rings. The van der Waals surface area contributed by atoms with Crippen LogP contribution in [-0.4, -0.2) is 37.5 Å². The summed E-state index contributed by atoms with van der Waals surface area (Å²) in [5.74, 6) is 0. The number of benzene rings is 1. The minimum absolute atomic E-state index is 0.0771. The molecular weight excluding hydrogens is 314 g/mol. The van der Waals surface area contributed by atoms with Crippen LogP contribution in [0, 0.1) is 0 Å². The van der Waals surface area contributed by atoms with Gasteiger partial charge in [-0.05, 0) is 18.2 Å². The highest BCUT2D eigenvalue weighted by Gasteiger charge is 2.36. The monoisotopic (exact) mass is 326 g/mol. The van der Waals surface area contributed by atoms with Crippen molar-refractivity contribution < 1.29 is 31.1 Å². The lowest BCUT2D eigenvalue weighted by molar-refractivity contribution is -0.143. The lowest BCUT2D eigenvalue weighted by atomic mass is 10.1. The standard InChI is InChI=1S/C13H12F6N2O/c14-12(15,16)9-5-10(13(17,18)19)7-11(6-9)20-8-21-1-3-22-4-2-21/h5-8H,1-4H2. The van der Waals surface area contributed by atoms with Crippen LogP contribution in [-0.2, 0) is 17.1 Å². The molecule has 1 saturated heterocycles. The Balaban J connectivity index is 2.31. The summed E-state index contributed by atoms with van der Waals surface area (Å²) in [7, 11) is 0. The van der Waals surface area contributed by atoms with Crippen molar-refractivity contribution in [2.45, 2.75) is 12.4 Å². The van der Waals surface area contributed by atoms with Gasteiger partial charge in [0.15, 0.2) is 0 Å². The second kappa shape index (κ2) is 6.15. The van der Waals surface area contributed by atoms with Gasteiger partial charge in [0.25, 0.3) is 0 Å². The van der Waals surface area contributed by atoms with Gasteiger partial charge in [0, 0.05) is 13.1 Å². The van der Waals surface area contributed by atoms with Gasteiger partial charge in [-0.2, -0.15) is 26.3 Å². The van der Waals surface area contributed by atoms with E-state index in [1.165, 1.54) is 6.34 Å². The molecule has 0 radical (unpaired) electrons. The smallest absolute Gasteiger partial charge is 0.378 e. The van der Waals surface area contributed by atoms with Crippen LogP contribution in [0.15, 0.2) is 23.2 Å². The Hall–Kier alpha value is -1.77. The van der Waals surface area contributed by atoms with Crippen molar-refractivity contribution in [1.29, 1.82) is 0 Å². The zero-order valence-electron chi connectivity index (χ0n) is 11.2. The van der Waals surface area contributed by atoms with Crippen LogP contribution in [0.25, 0.3) is 0 Å². The van der Waals surface area contributed by atoms with E-state index in [-0.39, 0.29) is 6.07 Å². The van der Waals surface area contributed by atoms with E-state index < -0.39 is 29.2 Å². The molecule has 0 aliphatic carbocycles. The van der Waals surface area contributed by atoms with Gasteiger partial charge in [0.1, 0.15) is 0 Å². The Labute approximate surface area is 122 Å². The Morgan fingerprint density at radius 2 is 1.41 bits per heavy atom. The molecule has 0 atom stereocenters. The number of nitrogens with zero attached hydrogens (tertiary/aromatic N) is 2. The second-order valence-corrected chi connectivity index (χ2v) is 4.66. The van der Waals surface area contributed by atoms with Crippen LogP contribution in [0.2, 0.25) is 0 Å². The molecule has 122 valence electrons. The number of halogens is 6. The number of aliphatic imine (C=N–C) groups is 1. The molecule has 1 heterocycles. The SMILES string of the molecule is FC(F)(F)c1cc(N=CN2CCOCC2)cc(C(F)(F)F)c1. The van der Waals surface area contributed by atoms with Crippen LogP contribution >= 0.6 is 0 Å².